The summed E-state index contributed by atoms with van der Waals surface area (Å²) in [6, 6.07) is -0.971. The minimum absolute atomic E-state index is 0.199. The highest BCUT2D eigenvalue weighted by Crippen LogP contribution is 2.14. The summed E-state index contributed by atoms with van der Waals surface area (Å²) in [4.78, 5) is 34.6. The van der Waals surface area contributed by atoms with Crippen molar-refractivity contribution in [1.29, 1.82) is 0 Å². The van der Waals surface area contributed by atoms with Gasteiger partial charge in [-0.05, 0) is 20.8 Å². The molecule has 2 N–H and O–H groups in total. The van der Waals surface area contributed by atoms with Gasteiger partial charge in [0.25, 0.3) is 0 Å². The van der Waals surface area contributed by atoms with Crippen LogP contribution in [0.4, 0.5) is 4.79 Å². The molecule has 1 aliphatic rings. The molecule has 0 aromatic carbocycles. The first-order valence-corrected chi connectivity index (χ1v) is 6.26. The molecular weight excluding hydrogens is 264 g/mol. The second kappa shape index (κ2) is 7.32. The summed E-state index contributed by atoms with van der Waals surface area (Å²) in [5.74, 6) is -1.10. The van der Waals surface area contributed by atoms with Crippen LogP contribution in [0.5, 0.6) is 0 Å². The molecule has 110 valence electrons. The predicted molar refractivity (Wildman–Crippen MR) is 70.6 cm³/mol. The molecule has 0 bridgehead atoms. The number of ether oxygens (including phenoxy) is 2. The van der Waals surface area contributed by atoms with Crippen LogP contribution >= 0.6 is 0 Å². The number of amides is 2. The lowest BCUT2D eigenvalue weighted by molar-refractivity contribution is -0.140. The predicted octanol–water partition coefficient (Wildman–Crippen LogP) is 0.624. The van der Waals surface area contributed by atoms with E-state index in [-0.39, 0.29) is 24.5 Å². The first-order chi connectivity index (χ1) is 9.49. The average molecular weight is 282 g/mol. The molecule has 7 nitrogen and oxygen atoms in total. The Hall–Kier alpha value is -2.31. The Balaban J connectivity index is 2.91. The summed E-state index contributed by atoms with van der Waals surface area (Å²) in [5.41, 5.74) is 0.484. The van der Waals surface area contributed by atoms with Crippen LogP contribution in [-0.2, 0) is 19.1 Å². The molecule has 0 spiro atoms. The number of rotatable bonds is 5. The zero-order chi connectivity index (χ0) is 15.1. The normalized spacial score (nSPS) is 18.6. The number of carbonyl (C=O) groups is 3. The van der Waals surface area contributed by atoms with Gasteiger partial charge in [0.05, 0.1) is 23.9 Å². The van der Waals surface area contributed by atoms with Crippen molar-refractivity contribution in [2.24, 2.45) is 0 Å². The topological polar surface area (TPSA) is 93.7 Å². The van der Waals surface area contributed by atoms with Gasteiger partial charge in [0, 0.05) is 6.08 Å². The molecule has 0 fully saturated rings. The molecule has 0 aliphatic carbocycles. The van der Waals surface area contributed by atoms with Crippen molar-refractivity contribution in [3.8, 4) is 0 Å². The summed E-state index contributed by atoms with van der Waals surface area (Å²) in [6.07, 6.45) is 2.78. The molecule has 2 amide bonds. The number of esters is 2. The molecule has 0 saturated heterocycles. The summed E-state index contributed by atoms with van der Waals surface area (Å²) in [6.45, 7) is 5.03. The molecule has 0 aromatic heterocycles. The third kappa shape index (κ3) is 4.11. The van der Waals surface area contributed by atoms with Crippen molar-refractivity contribution in [3.63, 3.8) is 0 Å². The van der Waals surface area contributed by atoms with Crippen LogP contribution in [0.3, 0.4) is 0 Å². The van der Waals surface area contributed by atoms with Crippen LogP contribution in [0.25, 0.3) is 0 Å². The van der Waals surface area contributed by atoms with Crippen molar-refractivity contribution in [2.45, 2.75) is 26.8 Å². The molecule has 7 heteroatoms. The maximum atomic E-state index is 11.9. The second-order valence-electron chi connectivity index (χ2n) is 4.04. The van der Waals surface area contributed by atoms with Crippen molar-refractivity contribution in [2.75, 3.05) is 13.2 Å². The summed E-state index contributed by atoms with van der Waals surface area (Å²) in [7, 11) is 0. The van der Waals surface area contributed by atoms with E-state index < -0.39 is 24.0 Å². The highest BCUT2D eigenvalue weighted by molar-refractivity contribution is 5.94. The minimum atomic E-state index is -0.552. The molecule has 1 heterocycles. The lowest BCUT2D eigenvalue weighted by Gasteiger charge is -2.26. The quantitative estimate of drug-likeness (QED) is 0.569. The largest absolute Gasteiger partial charge is 0.463 e. The van der Waals surface area contributed by atoms with Crippen molar-refractivity contribution in [1.82, 2.24) is 10.6 Å². The maximum Gasteiger partial charge on any atom is 0.338 e. The van der Waals surface area contributed by atoms with E-state index in [0.29, 0.717) is 0 Å². The lowest BCUT2D eigenvalue weighted by atomic mass is 10.0. The number of hydrogen-bond acceptors (Lipinski definition) is 5. The third-order valence-corrected chi connectivity index (χ3v) is 2.53. The van der Waals surface area contributed by atoms with Crippen molar-refractivity contribution >= 4 is 18.0 Å². The summed E-state index contributed by atoms with van der Waals surface area (Å²) in [5, 5.41) is 5.01. The van der Waals surface area contributed by atoms with Crippen LogP contribution in [-0.4, -0.2) is 37.2 Å². The van der Waals surface area contributed by atoms with Gasteiger partial charge in [-0.25, -0.2) is 14.4 Å². The van der Waals surface area contributed by atoms with E-state index in [2.05, 4.69) is 10.6 Å². The van der Waals surface area contributed by atoms with E-state index in [1.807, 2.05) is 0 Å². The van der Waals surface area contributed by atoms with Gasteiger partial charge >= 0.3 is 18.0 Å². The van der Waals surface area contributed by atoms with Gasteiger partial charge < -0.3 is 20.1 Å². The zero-order valence-electron chi connectivity index (χ0n) is 11.7. The zero-order valence-corrected chi connectivity index (χ0v) is 11.7. The third-order valence-electron chi connectivity index (χ3n) is 2.53. The fraction of sp³-hybridized carbons (Fsp3) is 0.462. The number of hydrogen-bond donors (Lipinski definition) is 2. The molecule has 0 aromatic rings. The highest BCUT2D eigenvalue weighted by Gasteiger charge is 2.30. The standard InChI is InChI=1S/C13H18N2O5/c1-4-6-10(16)20-7-9-11(12(17)19-5-2)8(3)14-13(18)15-9/h4,6,8H,5,7H2,1-3H3,(H2,14,15,18)/b6-4+/t8-/m0/s1. The Labute approximate surface area is 117 Å². The summed E-state index contributed by atoms with van der Waals surface area (Å²) < 4.78 is 9.87. The van der Waals surface area contributed by atoms with Crippen LogP contribution < -0.4 is 10.6 Å². The Kier molecular flexibility index (Phi) is 5.76. The van der Waals surface area contributed by atoms with E-state index >= 15 is 0 Å². The monoisotopic (exact) mass is 282 g/mol. The molecule has 1 rings (SSSR count). The minimum Gasteiger partial charge on any atom is -0.463 e. The van der Waals surface area contributed by atoms with Crippen molar-refractivity contribution in [3.05, 3.63) is 23.4 Å². The Morgan fingerprint density at radius 3 is 2.65 bits per heavy atom. The lowest BCUT2D eigenvalue weighted by Crippen LogP contribution is -2.50. The van der Waals surface area contributed by atoms with Crippen molar-refractivity contribution < 1.29 is 23.9 Å². The van der Waals surface area contributed by atoms with Crippen LogP contribution in [0.2, 0.25) is 0 Å². The average Bonchev–Trinajstić information content (AvgIpc) is 2.36. The Bertz CT molecular complexity index is 467. The number of urea groups is 1. The summed E-state index contributed by atoms with van der Waals surface area (Å²) >= 11 is 0. The van der Waals surface area contributed by atoms with Crippen LogP contribution in [0.1, 0.15) is 20.8 Å². The number of allylic oxidation sites excluding steroid dienone is 1. The van der Waals surface area contributed by atoms with E-state index in [0.717, 1.165) is 0 Å². The van der Waals surface area contributed by atoms with E-state index in [9.17, 15) is 14.4 Å². The van der Waals surface area contributed by atoms with Gasteiger partial charge in [-0.1, -0.05) is 6.08 Å². The van der Waals surface area contributed by atoms with Crippen LogP contribution in [0, 0.1) is 0 Å². The van der Waals surface area contributed by atoms with Gasteiger partial charge in [0.15, 0.2) is 0 Å². The molecule has 0 unspecified atom stereocenters. The highest BCUT2D eigenvalue weighted by atomic mass is 16.5. The Morgan fingerprint density at radius 2 is 2.05 bits per heavy atom. The van der Waals surface area contributed by atoms with Crippen LogP contribution in [0.15, 0.2) is 23.4 Å². The molecule has 1 atom stereocenters. The number of carbonyl (C=O) groups excluding carboxylic acids is 3. The first kappa shape index (κ1) is 15.7. The molecular formula is C13H18N2O5. The first-order valence-electron chi connectivity index (χ1n) is 6.26. The maximum absolute atomic E-state index is 11.9. The Morgan fingerprint density at radius 1 is 1.35 bits per heavy atom. The smallest absolute Gasteiger partial charge is 0.338 e. The van der Waals surface area contributed by atoms with E-state index in [1.165, 1.54) is 12.2 Å². The van der Waals surface area contributed by atoms with Gasteiger partial charge in [-0.3, -0.25) is 0 Å². The van der Waals surface area contributed by atoms with Gasteiger partial charge in [-0.15, -0.1) is 0 Å². The van der Waals surface area contributed by atoms with Gasteiger partial charge in [-0.2, -0.15) is 0 Å². The SMILES string of the molecule is C/C=C/C(=O)OCC1=C(C(=O)OCC)[C@H](C)NC(=O)N1. The second-order valence-corrected chi connectivity index (χ2v) is 4.04. The molecule has 0 radical (unpaired) electrons. The fourth-order valence-corrected chi connectivity index (χ4v) is 1.72. The molecule has 0 saturated carbocycles. The van der Waals surface area contributed by atoms with E-state index in [4.69, 9.17) is 9.47 Å². The molecule has 20 heavy (non-hydrogen) atoms. The molecule has 1 aliphatic heterocycles. The fourth-order valence-electron chi connectivity index (χ4n) is 1.72. The van der Waals surface area contributed by atoms with Gasteiger partial charge in [0.2, 0.25) is 0 Å². The van der Waals surface area contributed by atoms with E-state index in [1.54, 1.807) is 20.8 Å². The van der Waals surface area contributed by atoms with Gasteiger partial charge in [0.1, 0.15) is 6.61 Å². The number of nitrogens with one attached hydrogen (secondary N) is 2.